The second-order valence-electron chi connectivity index (χ2n) is 6.54. The van der Waals surface area contributed by atoms with Crippen LogP contribution in [0.1, 0.15) is 12.0 Å². The first-order valence-electron chi connectivity index (χ1n) is 9.10. The predicted molar refractivity (Wildman–Crippen MR) is 108 cm³/mol. The molecule has 0 unspecified atom stereocenters. The van der Waals surface area contributed by atoms with E-state index in [4.69, 9.17) is 5.26 Å². The minimum atomic E-state index is -3.85. The quantitative estimate of drug-likeness (QED) is 0.510. The summed E-state index contributed by atoms with van der Waals surface area (Å²) in [7, 11) is -2.54. The molecule has 156 valence electrons. The standard InChI is InChI=1S/C19H20N6O4S/c1-23(30(28,29)16-8-6-15(13-20)7-9-16)14-18(26)21-10-4-12-25-19(27)24-11-3-2-5-17(24)22-25/h2-3,5-9,11H,4,10,12,14H2,1H3,(H,21,26). The first-order valence-corrected chi connectivity index (χ1v) is 10.5. The number of rotatable bonds is 8. The molecule has 3 aromatic rings. The fourth-order valence-electron chi connectivity index (χ4n) is 2.79. The van der Waals surface area contributed by atoms with Crippen molar-refractivity contribution in [1.82, 2.24) is 23.8 Å². The van der Waals surface area contributed by atoms with Crippen LogP contribution in [-0.2, 0) is 21.4 Å². The highest BCUT2D eigenvalue weighted by atomic mass is 32.2. The summed E-state index contributed by atoms with van der Waals surface area (Å²) in [6.45, 7) is 0.237. The van der Waals surface area contributed by atoms with Crippen LogP contribution >= 0.6 is 0 Å². The molecular formula is C19H20N6O4S. The highest BCUT2D eigenvalue weighted by molar-refractivity contribution is 7.89. The molecular weight excluding hydrogens is 408 g/mol. The molecule has 1 aromatic carbocycles. The zero-order chi connectivity index (χ0) is 21.7. The van der Waals surface area contributed by atoms with E-state index in [2.05, 4.69) is 10.4 Å². The maximum atomic E-state index is 12.5. The second-order valence-corrected chi connectivity index (χ2v) is 8.58. The Kier molecular flexibility index (Phi) is 6.29. The number of benzene rings is 1. The largest absolute Gasteiger partial charge is 0.355 e. The van der Waals surface area contributed by atoms with E-state index < -0.39 is 15.9 Å². The average molecular weight is 428 g/mol. The van der Waals surface area contributed by atoms with Crippen molar-refractivity contribution < 1.29 is 13.2 Å². The van der Waals surface area contributed by atoms with E-state index in [9.17, 15) is 18.0 Å². The molecule has 0 radical (unpaired) electrons. The van der Waals surface area contributed by atoms with Gasteiger partial charge in [-0.15, -0.1) is 5.10 Å². The number of amides is 1. The van der Waals surface area contributed by atoms with E-state index >= 15 is 0 Å². The molecule has 0 aliphatic rings. The van der Waals surface area contributed by atoms with Crippen molar-refractivity contribution in [2.45, 2.75) is 17.9 Å². The lowest BCUT2D eigenvalue weighted by molar-refractivity contribution is -0.121. The molecule has 10 nitrogen and oxygen atoms in total. The third-order valence-electron chi connectivity index (χ3n) is 4.42. The van der Waals surface area contributed by atoms with Crippen molar-refractivity contribution in [3.8, 4) is 6.07 Å². The molecule has 0 aliphatic carbocycles. The molecule has 2 aromatic heterocycles. The van der Waals surface area contributed by atoms with Crippen LogP contribution in [0, 0.1) is 11.3 Å². The molecule has 0 saturated heterocycles. The Morgan fingerprint density at radius 3 is 2.63 bits per heavy atom. The van der Waals surface area contributed by atoms with Gasteiger partial charge in [0.15, 0.2) is 5.65 Å². The minimum Gasteiger partial charge on any atom is -0.355 e. The van der Waals surface area contributed by atoms with Gasteiger partial charge in [0, 0.05) is 26.3 Å². The van der Waals surface area contributed by atoms with E-state index in [1.54, 1.807) is 24.4 Å². The van der Waals surface area contributed by atoms with Crippen molar-refractivity contribution >= 4 is 21.6 Å². The molecule has 3 rings (SSSR count). The van der Waals surface area contributed by atoms with Gasteiger partial charge in [-0.05, 0) is 42.8 Å². The topological polar surface area (TPSA) is 130 Å². The zero-order valence-corrected chi connectivity index (χ0v) is 17.0. The number of carbonyl (C=O) groups excluding carboxylic acids is 1. The first-order chi connectivity index (χ1) is 14.3. The fourth-order valence-corrected chi connectivity index (χ4v) is 3.92. The maximum Gasteiger partial charge on any atom is 0.350 e. The number of carbonyl (C=O) groups is 1. The first kappa shape index (κ1) is 21.2. The van der Waals surface area contributed by atoms with E-state index in [-0.39, 0.29) is 23.7 Å². The normalized spacial score (nSPS) is 11.5. The number of nitrogens with zero attached hydrogens (tertiary/aromatic N) is 5. The van der Waals surface area contributed by atoms with Crippen molar-refractivity contribution in [3.63, 3.8) is 0 Å². The summed E-state index contributed by atoms with van der Waals surface area (Å²) >= 11 is 0. The Hall–Kier alpha value is -3.49. The number of aromatic nitrogens is 3. The molecule has 2 heterocycles. The van der Waals surface area contributed by atoms with Gasteiger partial charge >= 0.3 is 5.69 Å². The Balaban J connectivity index is 1.50. The average Bonchev–Trinajstić information content (AvgIpc) is 3.07. The smallest absolute Gasteiger partial charge is 0.350 e. The zero-order valence-electron chi connectivity index (χ0n) is 16.2. The summed E-state index contributed by atoms with van der Waals surface area (Å²) in [6, 6.07) is 12.6. The number of fused-ring (bicyclic) bond motifs is 1. The van der Waals surface area contributed by atoms with E-state index in [1.807, 2.05) is 6.07 Å². The summed E-state index contributed by atoms with van der Waals surface area (Å²) in [5.41, 5.74) is 0.630. The van der Waals surface area contributed by atoms with Crippen LogP contribution in [0.3, 0.4) is 0 Å². The predicted octanol–water partition coefficient (Wildman–Crippen LogP) is 0.195. The van der Waals surface area contributed by atoms with Crippen LogP contribution in [0.4, 0.5) is 0 Å². The number of likely N-dealkylation sites (N-methyl/N-ethyl adjacent to an activating group) is 1. The van der Waals surface area contributed by atoms with E-state index in [1.165, 1.54) is 40.4 Å². The lowest BCUT2D eigenvalue weighted by atomic mass is 10.2. The summed E-state index contributed by atoms with van der Waals surface area (Å²) in [5, 5.41) is 15.6. The fraction of sp³-hybridized carbons (Fsp3) is 0.263. The summed E-state index contributed by atoms with van der Waals surface area (Å²) in [4.78, 5) is 24.3. The maximum absolute atomic E-state index is 12.5. The van der Waals surface area contributed by atoms with E-state index in [0.717, 1.165) is 4.31 Å². The molecule has 0 aliphatic heterocycles. The molecule has 0 fully saturated rings. The van der Waals surface area contributed by atoms with Gasteiger partial charge in [-0.25, -0.2) is 17.9 Å². The van der Waals surface area contributed by atoms with Gasteiger partial charge in [0.1, 0.15) is 0 Å². The molecule has 1 N–H and O–H groups in total. The molecule has 0 saturated carbocycles. The second kappa shape index (κ2) is 8.89. The van der Waals surface area contributed by atoms with Gasteiger partial charge in [-0.1, -0.05) is 6.07 Å². The number of aryl methyl sites for hydroxylation is 1. The SMILES string of the molecule is CN(CC(=O)NCCCn1nc2ccccn2c1=O)S(=O)(=O)c1ccc(C#N)cc1. The number of nitrogens with one attached hydrogen (secondary N) is 1. The van der Waals surface area contributed by atoms with Crippen molar-refractivity contribution in [2.24, 2.45) is 0 Å². The van der Waals surface area contributed by atoms with Crippen molar-refractivity contribution in [3.05, 3.63) is 64.7 Å². The molecule has 0 spiro atoms. The Labute approximate surface area is 173 Å². The van der Waals surface area contributed by atoms with Gasteiger partial charge in [0.25, 0.3) is 0 Å². The minimum absolute atomic E-state index is 0.00280. The van der Waals surface area contributed by atoms with Crippen LogP contribution < -0.4 is 11.0 Å². The molecule has 1 amide bonds. The van der Waals surface area contributed by atoms with Gasteiger partial charge in [-0.2, -0.15) is 9.57 Å². The number of hydrogen-bond donors (Lipinski definition) is 1. The van der Waals surface area contributed by atoms with Crippen LogP contribution in [-0.4, -0.2) is 52.9 Å². The lowest BCUT2D eigenvalue weighted by Gasteiger charge is -2.17. The summed E-state index contributed by atoms with van der Waals surface area (Å²) in [5.74, 6) is -0.461. The van der Waals surface area contributed by atoms with Crippen LogP contribution in [0.15, 0.2) is 58.4 Å². The number of sulfonamides is 1. The summed E-state index contributed by atoms with van der Waals surface area (Å²) in [6.07, 6.45) is 2.09. The van der Waals surface area contributed by atoms with Crippen molar-refractivity contribution in [2.75, 3.05) is 20.1 Å². The van der Waals surface area contributed by atoms with Crippen LogP contribution in [0.5, 0.6) is 0 Å². The Bertz CT molecular complexity index is 1250. The lowest BCUT2D eigenvalue weighted by Crippen LogP contribution is -2.39. The molecule has 0 bridgehead atoms. The third kappa shape index (κ3) is 4.56. The number of pyridine rings is 1. The van der Waals surface area contributed by atoms with Gasteiger partial charge in [0.05, 0.1) is 23.1 Å². The Morgan fingerprint density at radius 1 is 1.23 bits per heavy atom. The molecule has 0 atom stereocenters. The van der Waals surface area contributed by atoms with Gasteiger partial charge in [-0.3, -0.25) is 9.20 Å². The number of hydrogen-bond acceptors (Lipinski definition) is 6. The van der Waals surface area contributed by atoms with E-state index in [0.29, 0.717) is 24.2 Å². The monoisotopic (exact) mass is 428 g/mol. The Morgan fingerprint density at radius 2 is 1.97 bits per heavy atom. The number of nitriles is 1. The van der Waals surface area contributed by atoms with Crippen molar-refractivity contribution in [1.29, 1.82) is 5.26 Å². The molecule has 11 heteroatoms. The van der Waals surface area contributed by atoms with Gasteiger partial charge in [0.2, 0.25) is 15.9 Å². The highest BCUT2D eigenvalue weighted by Crippen LogP contribution is 2.14. The summed E-state index contributed by atoms with van der Waals surface area (Å²) < 4.78 is 28.7. The van der Waals surface area contributed by atoms with Crippen LogP contribution in [0.25, 0.3) is 5.65 Å². The molecule has 30 heavy (non-hydrogen) atoms. The van der Waals surface area contributed by atoms with Gasteiger partial charge < -0.3 is 5.32 Å². The highest BCUT2D eigenvalue weighted by Gasteiger charge is 2.22. The van der Waals surface area contributed by atoms with Crippen LogP contribution in [0.2, 0.25) is 0 Å². The third-order valence-corrected chi connectivity index (χ3v) is 6.23.